The molecule has 4 heteroatoms. The van der Waals surface area contributed by atoms with E-state index in [1.54, 1.807) is 7.11 Å². The quantitative estimate of drug-likeness (QED) is 0.272. The lowest BCUT2D eigenvalue weighted by Gasteiger charge is -2.32. The highest BCUT2D eigenvalue weighted by atomic mass is 16.5. The van der Waals surface area contributed by atoms with Gasteiger partial charge in [0, 0.05) is 34.6 Å². The molecule has 6 rings (SSSR count). The molecule has 1 aliphatic heterocycles. The van der Waals surface area contributed by atoms with Crippen LogP contribution in [0, 0.1) is 0 Å². The molecule has 0 N–H and O–H groups in total. The Kier molecular flexibility index (Phi) is 5.37. The summed E-state index contributed by atoms with van der Waals surface area (Å²) in [5.74, 6) is 0.873. The number of methoxy groups -OCH3 is 1. The first-order valence-corrected chi connectivity index (χ1v) is 12.3. The van der Waals surface area contributed by atoms with E-state index in [0.717, 1.165) is 50.2 Å². The zero-order valence-electron chi connectivity index (χ0n) is 20.7. The summed E-state index contributed by atoms with van der Waals surface area (Å²) in [5.41, 5.74) is 7.37. The molecule has 0 saturated carbocycles. The second-order valence-electron chi connectivity index (χ2n) is 9.36. The highest BCUT2D eigenvalue weighted by Crippen LogP contribution is 2.49. The third kappa shape index (κ3) is 3.33. The van der Waals surface area contributed by atoms with Gasteiger partial charge in [0.25, 0.3) is 5.91 Å². The molecule has 4 nitrogen and oxygen atoms in total. The molecule has 1 amide bonds. The van der Waals surface area contributed by atoms with Gasteiger partial charge in [-0.3, -0.25) is 4.79 Å². The van der Waals surface area contributed by atoms with Crippen molar-refractivity contribution < 1.29 is 9.53 Å². The Hall–Kier alpha value is -4.31. The van der Waals surface area contributed by atoms with Gasteiger partial charge in [0.2, 0.25) is 0 Å². The van der Waals surface area contributed by atoms with Gasteiger partial charge in [-0.25, -0.2) is 0 Å². The first-order valence-electron chi connectivity index (χ1n) is 12.3. The predicted octanol–water partition coefficient (Wildman–Crippen LogP) is 7.16. The molecule has 1 aliphatic rings. The van der Waals surface area contributed by atoms with Crippen LogP contribution in [-0.4, -0.2) is 22.5 Å². The average Bonchev–Trinajstić information content (AvgIpc) is 3.39. The van der Waals surface area contributed by atoms with E-state index in [0.29, 0.717) is 0 Å². The molecule has 2 atom stereocenters. The van der Waals surface area contributed by atoms with Crippen molar-refractivity contribution in [3.63, 3.8) is 0 Å². The van der Waals surface area contributed by atoms with Crippen LogP contribution in [0.5, 0.6) is 5.75 Å². The highest BCUT2D eigenvalue weighted by molar-refractivity contribution is 6.02. The number of fused-ring (bicyclic) bond motifs is 2. The molecule has 0 unspecified atom stereocenters. The molecule has 5 aromatic rings. The van der Waals surface area contributed by atoms with Crippen LogP contribution in [0.3, 0.4) is 0 Å². The fourth-order valence-corrected chi connectivity index (χ4v) is 5.74. The summed E-state index contributed by atoms with van der Waals surface area (Å²) >= 11 is 0. The van der Waals surface area contributed by atoms with E-state index in [1.807, 2.05) is 48.5 Å². The Balaban J connectivity index is 1.66. The maximum absolute atomic E-state index is 14.0. The van der Waals surface area contributed by atoms with Gasteiger partial charge in [0.05, 0.1) is 24.9 Å². The third-order valence-electron chi connectivity index (χ3n) is 7.46. The fraction of sp³-hybridized carbons (Fsp3) is 0.156. The number of ether oxygens (including phenoxy) is 1. The summed E-state index contributed by atoms with van der Waals surface area (Å²) in [5, 5.41) is 1.15. The van der Waals surface area contributed by atoms with Crippen molar-refractivity contribution >= 4 is 16.8 Å². The Morgan fingerprint density at radius 3 is 2.36 bits per heavy atom. The Labute approximate surface area is 211 Å². The summed E-state index contributed by atoms with van der Waals surface area (Å²) in [4.78, 5) is 16.0. The van der Waals surface area contributed by atoms with Crippen LogP contribution in [0.4, 0.5) is 0 Å². The second-order valence-corrected chi connectivity index (χ2v) is 9.36. The maximum Gasteiger partial charge on any atom is 0.255 e. The van der Waals surface area contributed by atoms with E-state index in [4.69, 9.17) is 4.74 Å². The number of hydrogen-bond acceptors (Lipinski definition) is 2. The number of rotatable bonds is 5. The molecule has 1 aromatic heterocycles. The van der Waals surface area contributed by atoms with Gasteiger partial charge in [0.1, 0.15) is 5.75 Å². The lowest BCUT2D eigenvalue weighted by Crippen LogP contribution is -2.31. The number of aromatic nitrogens is 1. The number of carbonyl (C=O) groups excluding carboxylic acids is 1. The topological polar surface area (TPSA) is 34.5 Å². The van der Waals surface area contributed by atoms with Gasteiger partial charge in [-0.05, 0) is 42.3 Å². The lowest BCUT2D eigenvalue weighted by molar-refractivity contribution is 0.0678. The fourth-order valence-electron chi connectivity index (χ4n) is 5.74. The van der Waals surface area contributed by atoms with E-state index < -0.39 is 0 Å². The van der Waals surface area contributed by atoms with E-state index >= 15 is 0 Å². The number of nitrogens with zero attached hydrogens (tertiary/aromatic N) is 2. The predicted molar refractivity (Wildman–Crippen MR) is 144 cm³/mol. The van der Waals surface area contributed by atoms with Crippen LogP contribution in [0.25, 0.3) is 22.2 Å². The Morgan fingerprint density at radius 2 is 1.56 bits per heavy atom. The maximum atomic E-state index is 14.0. The lowest BCUT2D eigenvalue weighted by atomic mass is 9.92. The number of carbonyl (C=O) groups is 1. The van der Waals surface area contributed by atoms with Crippen molar-refractivity contribution in [2.75, 3.05) is 7.11 Å². The van der Waals surface area contributed by atoms with Crippen molar-refractivity contribution in [3.8, 4) is 17.0 Å². The zero-order valence-corrected chi connectivity index (χ0v) is 20.7. The zero-order chi connectivity index (χ0) is 24.8. The van der Waals surface area contributed by atoms with Gasteiger partial charge >= 0.3 is 0 Å². The number of para-hydroxylation sites is 1. The minimum Gasteiger partial charge on any atom is -0.497 e. The number of aryl methyl sites for hydroxylation is 1. The van der Waals surface area contributed by atoms with Crippen molar-refractivity contribution in [3.05, 3.63) is 125 Å². The molecule has 2 heterocycles. The monoisotopic (exact) mass is 472 g/mol. The van der Waals surface area contributed by atoms with Gasteiger partial charge in [-0.1, -0.05) is 78.9 Å². The average molecular weight is 473 g/mol. The minimum absolute atomic E-state index is 0.0662. The summed E-state index contributed by atoms with van der Waals surface area (Å²) in [6, 6.07) is 34.7. The van der Waals surface area contributed by atoms with Crippen LogP contribution >= 0.6 is 0 Å². The molecule has 178 valence electrons. The molecule has 0 bridgehead atoms. The van der Waals surface area contributed by atoms with Gasteiger partial charge in [0.15, 0.2) is 0 Å². The van der Waals surface area contributed by atoms with Crippen LogP contribution in [0.15, 0.2) is 103 Å². The summed E-state index contributed by atoms with van der Waals surface area (Å²) in [7, 11) is 3.80. The van der Waals surface area contributed by atoms with Crippen LogP contribution in [-0.2, 0) is 7.05 Å². The molecule has 4 aromatic carbocycles. The molecule has 0 fully saturated rings. The molecule has 0 saturated heterocycles. The Bertz CT molecular complexity index is 1580. The number of benzene rings is 4. The number of amides is 1. The summed E-state index contributed by atoms with van der Waals surface area (Å²) in [6.45, 7) is 2.13. The van der Waals surface area contributed by atoms with E-state index in [1.165, 1.54) is 0 Å². The number of hydrogen-bond donors (Lipinski definition) is 0. The smallest absolute Gasteiger partial charge is 0.255 e. The molecule has 36 heavy (non-hydrogen) atoms. The third-order valence-corrected chi connectivity index (χ3v) is 7.46. The van der Waals surface area contributed by atoms with Crippen molar-refractivity contribution in [2.45, 2.75) is 19.0 Å². The molecule has 0 spiro atoms. The first-order chi connectivity index (χ1) is 17.6. The van der Waals surface area contributed by atoms with Gasteiger partial charge < -0.3 is 14.2 Å². The van der Waals surface area contributed by atoms with Gasteiger partial charge in [-0.15, -0.1) is 0 Å². The van der Waals surface area contributed by atoms with Crippen LogP contribution in [0.2, 0.25) is 0 Å². The molecular formula is C32H28N2O2. The van der Waals surface area contributed by atoms with Crippen LogP contribution < -0.4 is 4.74 Å². The Morgan fingerprint density at radius 1 is 0.833 bits per heavy atom. The second kappa shape index (κ2) is 8.72. The van der Waals surface area contributed by atoms with Crippen LogP contribution in [0.1, 0.15) is 46.1 Å². The van der Waals surface area contributed by atoms with Gasteiger partial charge in [-0.2, -0.15) is 0 Å². The minimum atomic E-state index is -0.226. The molecule has 0 radical (unpaired) electrons. The highest BCUT2D eigenvalue weighted by Gasteiger charge is 2.43. The van der Waals surface area contributed by atoms with Crippen molar-refractivity contribution in [1.29, 1.82) is 0 Å². The summed E-state index contributed by atoms with van der Waals surface area (Å²) < 4.78 is 7.82. The van der Waals surface area contributed by atoms with E-state index in [-0.39, 0.29) is 18.0 Å². The van der Waals surface area contributed by atoms with Crippen molar-refractivity contribution in [2.24, 2.45) is 7.05 Å². The SMILES string of the molecule is COc1cccc(-c2c([C@@H]3c4ccccc4C(=O)N3[C@H](C)c3ccccc3)c3ccccc3n2C)c1. The van der Waals surface area contributed by atoms with E-state index in [2.05, 4.69) is 78.0 Å². The standard InChI is InChI=1S/C32H28N2O2/c1-21(22-12-5-4-6-13-22)34-31(25-16-7-8-17-26(25)32(34)35)29-27-18-9-10-19-28(27)33(2)30(29)23-14-11-15-24(20-23)36-3/h4-21,31H,1-3H3/t21-,31+/m1/s1. The van der Waals surface area contributed by atoms with Crippen molar-refractivity contribution in [1.82, 2.24) is 9.47 Å². The molecule has 0 aliphatic carbocycles. The molecular weight excluding hydrogens is 444 g/mol. The summed E-state index contributed by atoms with van der Waals surface area (Å²) in [6.07, 6.45) is 0. The largest absolute Gasteiger partial charge is 0.497 e. The normalized spacial score (nSPS) is 15.8. The first kappa shape index (κ1) is 22.2. The van der Waals surface area contributed by atoms with E-state index in [9.17, 15) is 4.79 Å².